The summed E-state index contributed by atoms with van der Waals surface area (Å²) in [6.07, 6.45) is 7.22. The van der Waals surface area contributed by atoms with Crippen molar-refractivity contribution in [3.8, 4) is 0 Å². The smallest absolute Gasteiger partial charge is 0.0623 e. The van der Waals surface area contributed by atoms with Crippen LogP contribution in [0.5, 0.6) is 0 Å². The molecule has 20 heavy (non-hydrogen) atoms. The van der Waals surface area contributed by atoms with Crippen molar-refractivity contribution in [3.05, 3.63) is 35.4 Å². The Bertz CT molecular complexity index is 445. The van der Waals surface area contributed by atoms with Crippen LogP contribution in [0.3, 0.4) is 0 Å². The van der Waals surface area contributed by atoms with Crippen molar-refractivity contribution in [3.63, 3.8) is 0 Å². The molecule has 0 amide bonds. The van der Waals surface area contributed by atoms with Crippen LogP contribution in [0.25, 0.3) is 0 Å². The van der Waals surface area contributed by atoms with Crippen molar-refractivity contribution in [1.29, 1.82) is 0 Å². The van der Waals surface area contributed by atoms with Crippen LogP contribution in [0.2, 0.25) is 0 Å². The average Bonchev–Trinajstić information content (AvgIpc) is 3.06. The zero-order valence-electron chi connectivity index (χ0n) is 12.8. The first kappa shape index (κ1) is 14.1. The molecule has 2 heteroatoms. The lowest BCUT2D eigenvalue weighted by atomic mass is 9.81. The van der Waals surface area contributed by atoms with E-state index in [0.717, 1.165) is 13.0 Å². The Kier molecular flexibility index (Phi) is 4.42. The van der Waals surface area contributed by atoms with E-state index in [1.807, 2.05) is 0 Å². The molecule has 110 valence electrons. The zero-order chi connectivity index (χ0) is 13.9. The molecule has 1 aromatic rings. The molecule has 2 bridgehead atoms. The van der Waals surface area contributed by atoms with Gasteiger partial charge in [-0.25, -0.2) is 0 Å². The lowest BCUT2D eigenvalue weighted by Gasteiger charge is -2.29. The average molecular weight is 273 g/mol. The second kappa shape index (κ2) is 6.28. The second-order valence-electron chi connectivity index (χ2n) is 6.53. The Balaban J connectivity index is 1.69. The van der Waals surface area contributed by atoms with Gasteiger partial charge in [-0.05, 0) is 51.1 Å². The molecular weight excluding hydrogens is 246 g/mol. The topological polar surface area (TPSA) is 21.3 Å². The van der Waals surface area contributed by atoms with Gasteiger partial charge in [-0.1, -0.05) is 36.8 Å². The largest absolute Gasteiger partial charge is 0.375 e. The predicted octanol–water partition coefficient (Wildman–Crippen LogP) is 3.47. The number of fused-ring (bicyclic) bond motifs is 2. The molecule has 0 spiro atoms. The summed E-state index contributed by atoms with van der Waals surface area (Å²) in [5.74, 6) is 0.709. The van der Waals surface area contributed by atoms with Gasteiger partial charge in [0.15, 0.2) is 0 Å². The number of nitrogens with one attached hydrogen (secondary N) is 1. The van der Waals surface area contributed by atoms with Gasteiger partial charge in [-0.15, -0.1) is 0 Å². The maximum absolute atomic E-state index is 6.07. The summed E-state index contributed by atoms with van der Waals surface area (Å²) < 4.78 is 6.07. The Morgan fingerprint density at radius 1 is 1.35 bits per heavy atom. The second-order valence-corrected chi connectivity index (χ2v) is 6.53. The number of aryl methyl sites for hydroxylation is 1. The molecule has 2 nitrogen and oxygen atoms in total. The summed E-state index contributed by atoms with van der Waals surface area (Å²) in [4.78, 5) is 0. The van der Waals surface area contributed by atoms with Crippen molar-refractivity contribution in [2.75, 3.05) is 6.54 Å². The van der Waals surface area contributed by atoms with E-state index in [0.29, 0.717) is 24.2 Å². The first-order chi connectivity index (χ1) is 9.76. The van der Waals surface area contributed by atoms with Crippen LogP contribution < -0.4 is 5.32 Å². The highest BCUT2D eigenvalue weighted by Gasteiger charge is 2.44. The molecule has 0 aromatic heterocycles. The molecule has 4 atom stereocenters. The van der Waals surface area contributed by atoms with E-state index in [1.54, 1.807) is 0 Å². The predicted molar refractivity (Wildman–Crippen MR) is 83.0 cm³/mol. The summed E-state index contributed by atoms with van der Waals surface area (Å²) in [6, 6.07) is 9.53. The summed E-state index contributed by atoms with van der Waals surface area (Å²) in [6.45, 7) is 5.54. The standard InChI is InChI=1S/C18H27NO/c1-3-9-19-17(11-14-6-4-5-13(2)10-14)16-12-15-7-8-18(16)20-15/h4-6,10,15-19H,3,7-9,11-12H2,1-2H3. The lowest BCUT2D eigenvalue weighted by molar-refractivity contribution is 0.0857. The number of hydrogen-bond acceptors (Lipinski definition) is 2. The molecule has 0 saturated carbocycles. The monoisotopic (exact) mass is 273 g/mol. The van der Waals surface area contributed by atoms with Gasteiger partial charge in [0.05, 0.1) is 12.2 Å². The summed E-state index contributed by atoms with van der Waals surface area (Å²) in [5, 5.41) is 3.78. The van der Waals surface area contributed by atoms with E-state index in [1.165, 1.54) is 36.8 Å². The third-order valence-corrected chi connectivity index (χ3v) is 4.86. The SMILES string of the molecule is CCCNC(Cc1cccc(C)c1)C1CC2CCC1O2. The molecule has 2 aliphatic rings. The lowest BCUT2D eigenvalue weighted by Crippen LogP contribution is -2.42. The van der Waals surface area contributed by atoms with Crippen LogP contribution in [0.15, 0.2) is 24.3 Å². The minimum Gasteiger partial charge on any atom is -0.375 e. The molecule has 0 radical (unpaired) electrons. The van der Waals surface area contributed by atoms with Gasteiger partial charge in [0, 0.05) is 12.0 Å². The van der Waals surface area contributed by atoms with Gasteiger partial charge in [0.25, 0.3) is 0 Å². The van der Waals surface area contributed by atoms with Gasteiger partial charge < -0.3 is 10.1 Å². The molecule has 0 aliphatic carbocycles. The van der Waals surface area contributed by atoms with E-state index >= 15 is 0 Å². The van der Waals surface area contributed by atoms with E-state index in [4.69, 9.17) is 4.74 Å². The molecule has 4 unspecified atom stereocenters. The molecule has 3 rings (SSSR count). The van der Waals surface area contributed by atoms with Crippen LogP contribution >= 0.6 is 0 Å². The highest BCUT2D eigenvalue weighted by Crippen LogP contribution is 2.41. The first-order valence-electron chi connectivity index (χ1n) is 8.20. The van der Waals surface area contributed by atoms with E-state index < -0.39 is 0 Å². The molecule has 1 aromatic carbocycles. The molecule has 2 saturated heterocycles. The zero-order valence-corrected chi connectivity index (χ0v) is 12.8. The van der Waals surface area contributed by atoms with E-state index in [2.05, 4.69) is 43.4 Å². The fourth-order valence-electron chi connectivity index (χ4n) is 3.90. The van der Waals surface area contributed by atoms with E-state index in [-0.39, 0.29) is 0 Å². The Labute approximate surface area is 122 Å². The molecule has 2 heterocycles. The summed E-state index contributed by atoms with van der Waals surface area (Å²) >= 11 is 0. The Hall–Kier alpha value is -0.860. The highest BCUT2D eigenvalue weighted by molar-refractivity contribution is 5.23. The molecule has 1 N–H and O–H groups in total. The normalized spacial score (nSPS) is 29.8. The van der Waals surface area contributed by atoms with Crippen LogP contribution in [-0.4, -0.2) is 24.8 Å². The minimum absolute atomic E-state index is 0.513. The third-order valence-electron chi connectivity index (χ3n) is 4.86. The van der Waals surface area contributed by atoms with Crippen molar-refractivity contribution in [1.82, 2.24) is 5.32 Å². The number of ether oxygens (including phenoxy) is 1. The van der Waals surface area contributed by atoms with Crippen LogP contribution in [0.4, 0.5) is 0 Å². The number of hydrogen-bond donors (Lipinski definition) is 1. The maximum Gasteiger partial charge on any atom is 0.0623 e. The fourth-order valence-corrected chi connectivity index (χ4v) is 3.90. The van der Waals surface area contributed by atoms with Crippen molar-refractivity contribution < 1.29 is 4.74 Å². The highest BCUT2D eigenvalue weighted by atomic mass is 16.5. The van der Waals surface area contributed by atoms with Crippen molar-refractivity contribution in [2.45, 2.75) is 64.2 Å². The van der Waals surface area contributed by atoms with Crippen molar-refractivity contribution >= 4 is 0 Å². The van der Waals surface area contributed by atoms with Crippen LogP contribution in [0, 0.1) is 12.8 Å². The minimum atomic E-state index is 0.513. The fraction of sp³-hybridized carbons (Fsp3) is 0.667. The summed E-state index contributed by atoms with van der Waals surface area (Å²) in [7, 11) is 0. The van der Waals surface area contributed by atoms with E-state index in [9.17, 15) is 0 Å². The third kappa shape index (κ3) is 3.07. The van der Waals surface area contributed by atoms with Gasteiger partial charge >= 0.3 is 0 Å². The Morgan fingerprint density at radius 3 is 2.90 bits per heavy atom. The molecule has 2 fully saturated rings. The quantitative estimate of drug-likeness (QED) is 0.857. The summed E-state index contributed by atoms with van der Waals surface area (Å²) in [5.41, 5.74) is 2.82. The van der Waals surface area contributed by atoms with Gasteiger partial charge in [-0.3, -0.25) is 0 Å². The first-order valence-corrected chi connectivity index (χ1v) is 8.20. The van der Waals surface area contributed by atoms with Crippen LogP contribution in [-0.2, 0) is 11.2 Å². The number of rotatable bonds is 6. The van der Waals surface area contributed by atoms with Crippen LogP contribution in [0.1, 0.15) is 43.7 Å². The van der Waals surface area contributed by atoms with Gasteiger partial charge in [-0.2, -0.15) is 0 Å². The van der Waals surface area contributed by atoms with Crippen molar-refractivity contribution in [2.24, 2.45) is 5.92 Å². The molecular formula is C18H27NO. The molecule has 2 aliphatic heterocycles. The van der Waals surface area contributed by atoms with Gasteiger partial charge in [0.2, 0.25) is 0 Å². The van der Waals surface area contributed by atoms with Gasteiger partial charge in [0.1, 0.15) is 0 Å². The number of benzene rings is 1. The Morgan fingerprint density at radius 2 is 2.25 bits per heavy atom. The maximum atomic E-state index is 6.07.